The number of esters is 1. The van der Waals surface area contributed by atoms with Gasteiger partial charge < -0.3 is 9.47 Å². The van der Waals surface area contributed by atoms with Crippen LogP contribution in [0, 0.1) is 11.8 Å². The molecule has 0 spiro atoms. The van der Waals surface area contributed by atoms with E-state index in [4.69, 9.17) is 15.8 Å². The summed E-state index contributed by atoms with van der Waals surface area (Å²) in [5, 5.41) is 0. The first-order valence-corrected chi connectivity index (χ1v) is 14.6. The number of alkyl halides is 3. The molecule has 2 fully saturated rings. The fraction of sp³-hybridized carbons (Fsp3) is 0.682. The molecule has 168 valence electrons. The highest BCUT2D eigenvalue weighted by molar-refractivity contribution is 7.20. The Balaban J connectivity index is 1.43. The molecule has 1 aromatic rings. The van der Waals surface area contributed by atoms with Crippen molar-refractivity contribution >= 4 is 24.4 Å². The molecule has 1 aromatic carbocycles. The molecular weight excluding hydrogens is 433 g/mol. The first-order valence-electron chi connectivity index (χ1n) is 10.9. The van der Waals surface area contributed by atoms with Crippen LogP contribution in [-0.4, -0.2) is 25.8 Å². The van der Waals surface area contributed by atoms with Crippen molar-refractivity contribution in [2.45, 2.75) is 82.5 Å². The van der Waals surface area contributed by atoms with Crippen LogP contribution in [0.5, 0.6) is 5.75 Å². The summed E-state index contributed by atoms with van der Waals surface area (Å²) in [4.78, 5) is 12.3. The summed E-state index contributed by atoms with van der Waals surface area (Å²) in [5.41, 5.74) is 0.235. The van der Waals surface area contributed by atoms with E-state index in [-0.39, 0.29) is 17.4 Å². The minimum atomic E-state index is -4.75. The molecule has 0 atom stereocenters. The predicted octanol–water partition coefficient (Wildman–Crippen LogP) is 7.31. The number of benzene rings is 1. The van der Waals surface area contributed by atoms with Gasteiger partial charge in [0.25, 0.3) is 0 Å². The van der Waals surface area contributed by atoms with Gasteiger partial charge in [-0.05, 0) is 79.9 Å². The van der Waals surface area contributed by atoms with Crippen molar-refractivity contribution in [3.8, 4) is 5.75 Å². The smallest absolute Gasteiger partial charge is 0.459 e. The second-order valence-electron chi connectivity index (χ2n) is 8.75. The standard InChI is InChI=1S/C22H30ClF3O3Si/c1-2-13-30(23)14-11-17(12-15-30)16-3-7-19(8-4-16)28-21(27)18-5-9-20(10-6-18)29-22(24,25)26/h5-6,9-10,16-17,19H,2-4,7-8,11-15H2,1H3. The van der Waals surface area contributed by atoms with Crippen LogP contribution in [0.1, 0.15) is 62.2 Å². The quantitative estimate of drug-likeness (QED) is 0.252. The molecule has 1 aliphatic heterocycles. The molecule has 0 radical (unpaired) electrons. The van der Waals surface area contributed by atoms with Gasteiger partial charge in [-0.3, -0.25) is 0 Å². The van der Waals surface area contributed by atoms with Gasteiger partial charge in [0, 0.05) is 0 Å². The summed E-state index contributed by atoms with van der Waals surface area (Å²) in [6.45, 7) is 2.22. The summed E-state index contributed by atoms with van der Waals surface area (Å²) in [7, 11) is -1.50. The minimum absolute atomic E-state index is 0.120. The molecule has 30 heavy (non-hydrogen) atoms. The van der Waals surface area contributed by atoms with E-state index in [1.54, 1.807) is 0 Å². The van der Waals surface area contributed by atoms with Crippen LogP contribution in [0.4, 0.5) is 13.2 Å². The van der Waals surface area contributed by atoms with E-state index in [2.05, 4.69) is 11.7 Å². The highest BCUT2D eigenvalue weighted by Gasteiger charge is 2.39. The van der Waals surface area contributed by atoms with Crippen LogP contribution in [0.25, 0.3) is 0 Å². The molecule has 1 aliphatic carbocycles. The third kappa shape index (κ3) is 6.64. The molecule has 1 saturated heterocycles. The van der Waals surface area contributed by atoms with Gasteiger partial charge in [0.2, 0.25) is 0 Å². The molecule has 8 heteroatoms. The molecule has 1 saturated carbocycles. The number of carbonyl (C=O) groups excluding carboxylic acids is 1. The SMILES string of the molecule is CCC[Si]1(Cl)CCC(C2CCC(OC(=O)c3ccc(OC(F)(F)F)cc3)CC2)CC1. The van der Waals surface area contributed by atoms with Gasteiger partial charge >= 0.3 is 12.3 Å². The van der Waals surface area contributed by atoms with Crippen molar-refractivity contribution in [1.29, 1.82) is 0 Å². The van der Waals surface area contributed by atoms with Gasteiger partial charge in [0.1, 0.15) is 11.9 Å². The molecule has 2 aliphatic rings. The van der Waals surface area contributed by atoms with Gasteiger partial charge in [-0.2, -0.15) is 11.1 Å². The van der Waals surface area contributed by atoms with E-state index < -0.39 is 19.7 Å². The minimum Gasteiger partial charge on any atom is -0.459 e. The van der Waals surface area contributed by atoms with Gasteiger partial charge in [0.15, 0.2) is 7.38 Å². The van der Waals surface area contributed by atoms with Crippen LogP contribution in [0.3, 0.4) is 0 Å². The summed E-state index contributed by atoms with van der Waals surface area (Å²) < 4.78 is 46.1. The van der Waals surface area contributed by atoms with Crippen LogP contribution >= 0.6 is 11.1 Å². The van der Waals surface area contributed by atoms with E-state index in [9.17, 15) is 18.0 Å². The number of hydrogen-bond acceptors (Lipinski definition) is 3. The lowest BCUT2D eigenvalue weighted by Crippen LogP contribution is -2.36. The van der Waals surface area contributed by atoms with Crippen LogP contribution in [-0.2, 0) is 4.74 Å². The highest BCUT2D eigenvalue weighted by atomic mass is 35.6. The maximum atomic E-state index is 12.3. The molecule has 3 nitrogen and oxygen atoms in total. The normalized spacial score (nSPS) is 30.0. The Morgan fingerprint density at radius 1 is 1.03 bits per heavy atom. The summed E-state index contributed by atoms with van der Waals surface area (Å²) in [5.74, 6) is 0.594. The van der Waals surface area contributed by atoms with E-state index >= 15 is 0 Å². The van der Waals surface area contributed by atoms with Gasteiger partial charge in [0.05, 0.1) is 5.56 Å². The number of halogens is 4. The Bertz CT molecular complexity index is 695. The van der Waals surface area contributed by atoms with Gasteiger partial charge in [-0.15, -0.1) is 13.2 Å². The second kappa shape index (κ2) is 9.94. The van der Waals surface area contributed by atoms with Crippen LogP contribution in [0.2, 0.25) is 18.1 Å². The van der Waals surface area contributed by atoms with Crippen LogP contribution < -0.4 is 4.74 Å². The maximum absolute atomic E-state index is 12.3. The monoisotopic (exact) mass is 462 g/mol. The van der Waals surface area contributed by atoms with Gasteiger partial charge in [-0.25, -0.2) is 4.79 Å². The lowest BCUT2D eigenvalue weighted by atomic mass is 9.76. The molecule has 0 bridgehead atoms. The number of hydrogen-bond donors (Lipinski definition) is 0. The van der Waals surface area contributed by atoms with Crippen LogP contribution in [0.15, 0.2) is 24.3 Å². The van der Waals surface area contributed by atoms with Crippen molar-refractivity contribution in [2.24, 2.45) is 11.8 Å². The number of ether oxygens (including phenoxy) is 2. The molecule has 0 unspecified atom stereocenters. The zero-order valence-corrected chi connectivity index (χ0v) is 19.1. The third-order valence-electron chi connectivity index (χ3n) is 6.61. The first kappa shape index (κ1) is 23.5. The number of rotatable bonds is 6. The molecule has 3 rings (SSSR count). The zero-order valence-electron chi connectivity index (χ0n) is 17.3. The van der Waals surface area contributed by atoms with E-state index in [1.807, 2.05) is 0 Å². The maximum Gasteiger partial charge on any atom is 0.573 e. The summed E-state index contributed by atoms with van der Waals surface area (Å²) in [6, 6.07) is 8.55. The van der Waals surface area contributed by atoms with E-state index in [0.29, 0.717) is 5.92 Å². The lowest BCUT2D eigenvalue weighted by molar-refractivity contribution is -0.274. The summed E-state index contributed by atoms with van der Waals surface area (Å²) >= 11 is 6.88. The van der Waals surface area contributed by atoms with Crippen molar-refractivity contribution in [2.75, 3.05) is 0 Å². The summed E-state index contributed by atoms with van der Waals surface area (Å²) in [6.07, 6.45) is 2.63. The molecule has 0 N–H and O–H groups in total. The average molecular weight is 463 g/mol. The second-order valence-corrected chi connectivity index (χ2v) is 15.0. The fourth-order valence-corrected chi connectivity index (χ4v) is 9.66. The van der Waals surface area contributed by atoms with Crippen molar-refractivity contribution in [3.05, 3.63) is 29.8 Å². The first-order chi connectivity index (χ1) is 14.2. The fourth-order valence-electron chi connectivity index (χ4n) is 5.02. The lowest BCUT2D eigenvalue weighted by Gasteiger charge is -2.39. The Morgan fingerprint density at radius 3 is 2.13 bits per heavy atom. The average Bonchev–Trinajstić information content (AvgIpc) is 2.69. The van der Waals surface area contributed by atoms with Gasteiger partial charge in [-0.1, -0.05) is 26.2 Å². The Morgan fingerprint density at radius 2 is 1.60 bits per heavy atom. The predicted molar refractivity (Wildman–Crippen MR) is 113 cm³/mol. The Hall–Kier alpha value is -1.21. The van der Waals surface area contributed by atoms with Crippen molar-refractivity contribution in [1.82, 2.24) is 0 Å². The zero-order chi connectivity index (χ0) is 21.8. The highest BCUT2D eigenvalue weighted by Crippen LogP contribution is 2.44. The molecular formula is C22H30ClF3O3Si. The molecule has 0 amide bonds. The van der Waals surface area contributed by atoms with Crippen molar-refractivity contribution < 1.29 is 27.4 Å². The number of carbonyl (C=O) groups is 1. The molecule has 1 heterocycles. The topological polar surface area (TPSA) is 35.5 Å². The Kier molecular flexibility index (Phi) is 7.77. The van der Waals surface area contributed by atoms with E-state index in [0.717, 1.165) is 43.7 Å². The largest absolute Gasteiger partial charge is 0.573 e. The Labute approximate surface area is 182 Å². The molecule has 0 aromatic heterocycles. The van der Waals surface area contributed by atoms with Crippen molar-refractivity contribution in [3.63, 3.8) is 0 Å². The third-order valence-corrected chi connectivity index (χ3v) is 12.1. The van der Waals surface area contributed by atoms with E-state index in [1.165, 1.54) is 49.5 Å².